The Labute approximate surface area is 114 Å². The van der Waals surface area contributed by atoms with Gasteiger partial charge in [0.25, 0.3) is 0 Å². The van der Waals surface area contributed by atoms with Gasteiger partial charge in [0.05, 0.1) is 13.5 Å². The quantitative estimate of drug-likeness (QED) is 0.841. The van der Waals surface area contributed by atoms with E-state index >= 15 is 0 Å². The van der Waals surface area contributed by atoms with Crippen molar-refractivity contribution >= 4 is 11.7 Å². The van der Waals surface area contributed by atoms with Crippen molar-refractivity contribution in [3.8, 4) is 0 Å². The molecule has 1 unspecified atom stereocenters. The first kappa shape index (κ1) is 13.9. The van der Waals surface area contributed by atoms with Crippen LogP contribution in [0.5, 0.6) is 0 Å². The number of esters is 1. The number of rotatable bonds is 3. The molecule has 1 saturated heterocycles. The Hall–Kier alpha value is -1.55. The van der Waals surface area contributed by atoms with Crippen LogP contribution in [0.4, 0.5) is 5.69 Å². The minimum absolute atomic E-state index is 0.153. The minimum atomic E-state index is -0.153. The molecule has 1 atom stereocenters. The third kappa shape index (κ3) is 3.47. The molecule has 4 nitrogen and oxygen atoms in total. The smallest absolute Gasteiger partial charge is 0.307 e. The summed E-state index contributed by atoms with van der Waals surface area (Å²) in [5.41, 5.74) is 3.85. The summed E-state index contributed by atoms with van der Waals surface area (Å²) in [7, 11) is 1.44. The zero-order chi connectivity index (χ0) is 13.8. The van der Waals surface area contributed by atoms with Gasteiger partial charge < -0.3 is 15.0 Å². The third-order valence-corrected chi connectivity index (χ3v) is 3.75. The number of piperazine rings is 1. The number of methoxy groups -OCH3 is 1. The van der Waals surface area contributed by atoms with Gasteiger partial charge in [-0.25, -0.2) is 0 Å². The van der Waals surface area contributed by atoms with Crippen molar-refractivity contribution in [3.05, 3.63) is 29.3 Å². The first-order valence-electron chi connectivity index (χ1n) is 6.72. The molecule has 1 fully saturated rings. The van der Waals surface area contributed by atoms with Crippen LogP contribution < -0.4 is 10.2 Å². The second-order valence-electron chi connectivity index (χ2n) is 5.15. The van der Waals surface area contributed by atoms with Crippen LogP contribution in [0.3, 0.4) is 0 Å². The van der Waals surface area contributed by atoms with E-state index in [1.807, 2.05) is 0 Å². The molecule has 1 aliphatic rings. The van der Waals surface area contributed by atoms with Crippen LogP contribution in [0.25, 0.3) is 0 Å². The summed E-state index contributed by atoms with van der Waals surface area (Å²) in [6, 6.07) is 6.70. The molecule has 2 rings (SSSR count). The van der Waals surface area contributed by atoms with E-state index in [2.05, 4.69) is 42.3 Å². The highest BCUT2D eigenvalue weighted by Gasteiger charge is 2.22. The topological polar surface area (TPSA) is 41.6 Å². The largest absolute Gasteiger partial charge is 0.469 e. The first-order valence-corrected chi connectivity index (χ1v) is 6.72. The molecule has 19 heavy (non-hydrogen) atoms. The van der Waals surface area contributed by atoms with Crippen LogP contribution in [-0.4, -0.2) is 38.8 Å². The van der Waals surface area contributed by atoms with E-state index in [0.29, 0.717) is 6.42 Å². The minimum Gasteiger partial charge on any atom is -0.469 e. The SMILES string of the molecule is COC(=O)CC1CN(c2ccc(C)c(C)c2)CCN1. The van der Waals surface area contributed by atoms with Crippen LogP contribution in [0.15, 0.2) is 18.2 Å². The number of ether oxygens (including phenoxy) is 1. The van der Waals surface area contributed by atoms with Crippen molar-refractivity contribution in [1.29, 1.82) is 0 Å². The third-order valence-electron chi connectivity index (χ3n) is 3.75. The van der Waals surface area contributed by atoms with Crippen molar-refractivity contribution in [2.75, 3.05) is 31.6 Å². The summed E-state index contributed by atoms with van der Waals surface area (Å²) < 4.78 is 4.73. The van der Waals surface area contributed by atoms with Gasteiger partial charge in [0.2, 0.25) is 0 Å². The summed E-state index contributed by atoms with van der Waals surface area (Å²) in [6.07, 6.45) is 0.428. The van der Waals surface area contributed by atoms with Gasteiger partial charge >= 0.3 is 5.97 Å². The fraction of sp³-hybridized carbons (Fsp3) is 0.533. The molecule has 104 valence electrons. The Morgan fingerprint density at radius 1 is 1.42 bits per heavy atom. The Balaban J connectivity index is 2.04. The number of aryl methyl sites for hydroxylation is 2. The van der Waals surface area contributed by atoms with E-state index < -0.39 is 0 Å². The molecule has 0 saturated carbocycles. The first-order chi connectivity index (χ1) is 9.10. The summed E-state index contributed by atoms with van der Waals surface area (Å²) in [6.45, 7) is 6.97. The number of hydrogen-bond acceptors (Lipinski definition) is 4. The van der Waals surface area contributed by atoms with E-state index in [9.17, 15) is 4.79 Å². The lowest BCUT2D eigenvalue weighted by Crippen LogP contribution is -2.51. The van der Waals surface area contributed by atoms with Crippen LogP contribution in [0.1, 0.15) is 17.5 Å². The molecule has 0 bridgehead atoms. The predicted molar refractivity (Wildman–Crippen MR) is 76.6 cm³/mol. The van der Waals surface area contributed by atoms with Gasteiger partial charge in [0.15, 0.2) is 0 Å². The lowest BCUT2D eigenvalue weighted by atomic mass is 10.1. The van der Waals surface area contributed by atoms with Gasteiger partial charge in [-0.2, -0.15) is 0 Å². The van der Waals surface area contributed by atoms with Gasteiger partial charge in [-0.05, 0) is 37.1 Å². The van der Waals surface area contributed by atoms with E-state index in [0.717, 1.165) is 19.6 Å². The Kier molecular flexibility index (Phi) is 4.43. The molecule has 0 amide bonds. The molecular formula is C15H22N2O2. The molecule has 0 spiro atoms. The number of anilines is 1. The van der Waals surface area contributed by atoms with Gasteiger partial charge in [-0.15, -0.1) is 0 Å². The highest BCUT2D eigenvalue weighted by molar-refractivity contribution is 5.70. The van der Waals surface area contributed by atoms with Crippen LogP contribution in [-0.2, 0) is 9.53 Å². The molecule has 1 N–H and O–H groups in total. The van der Waals surface area contributed by atoms with Crippen molar-refractivity contribution in [1.82, 2.24) is 5.32 Å². The fourth-order valence-electron chi connectivity index (χ4n) is 2.40. The molecule has 1 aromatic rings. The molecule has 1 aromatic carbocycles. The lowest BCUT2D eigenvalue weighted by molar-refractivity contribution is -0.141. The van der Waals surface area contributed by atoms with Crippen molar-refractivity contribution in [2.45, 2.75) is 26.3 Å². The van der Waals surface area contributed by atoms with E-state index in [1.54, 1.807) is 0 Å². The number of carbonyl (C=O) groups excluding carboxylic acids is 1. The highest BCUT2D eigenvalue weighted by atomic mass is 16.5. The Morgan fingerprint density at radius 3 is 2.89 bits per heavy atom. The number of nitrogens with zero attached hydrogens (tertiary/aromatic N) is 1. The normalized spacial score (nSPS) is 19.3. The number of carbonyl (C=O) groups is 1. The molecule has 0 radical (unpaired) electrons. The summed E-state index contributed by atoms with van der Waals surface area (Å²) in [5.74, 6) is -0.153. The standard InChI is InChI=1S/C15H22N2O2/c1-11-4-5-14(8-12(11)2)17-7-6-16-13(10-17)9-15(18)19-3/h4-5,8,13,16H,6-7,9-10H2,1-3H3. The fourth-order valence-corrected chi connectivity index (χ4v) is 2.40. The average molecular weight is 262 g/mol. The predicted octanol–water partition coefficient (Wildman–Crippen LogP) is 1.64. The van der Waals surface area contributed by atoms with E-state index in [-0.39, 0.29) is 12.0 Å². The Bertz CT molecular complexity index is 459. The second kappa shape index (κ2) is 6.06. The van der Waals surface area contributed by atoms with Crippen LogP contribution >= 0.6 is 0 Å². The molecule has 1 aliphatic heterocycles. The van der Waals surface area contributed by atoms with Gasteiger partial charge in [-0.3, -0.25) is 4.79 Å². The number of benzene rings is 1. The van der Waals surface area contributed by atoms with Gasteiger partial charge in [0, 0.05) is 31.4 Å². The summed E-state index contributed by atoms with van der Waals surface area (Å²) >= 11 is 0. The maximum atomic E-state index is 11.3. The zero-order valence-electron chi connectivity index (χ0n) is 11.9. The van der Waals surface area contributed by atoms with E-state index in [1.165, 1.54) is 23.9 Å². The van der Waals surface area contributed by atoms with Crippen molar-refractivity contribution in [3.63, 3.8) is 0 Å². The number of hydrogen-bond donors (Lipinski definition) is 1. The molecular weight excluding hydrogens is 240 g/mol. The summed E-state index contributed by atoms with van der Waals surface area (Å²) in [4.78, 5) is 13.7. The lowest BCUT2D eigenvalue weighted by Gasteiger charge is -2.35. The second-order valence-corrected chi connectivity index (χ2v) is 5.15. The van der Waals surface area contributed by atoms with Crippen LogP contribution in [0.2, 0.25) is 0 Å². The van der Waals surface area contributed by atoms with Crippen molar-refractivity contribution < 1.29 is 9.53 Å². The Morgan fingerprint density at radius 2 is 2.21 bits per heavy atom. The summed E-state index contributed by atoms with van der Waals surface area (Å²) in [5, 5.41) is 3.37. The monoisotopic (exact) mass is 262 g/mol. The molecule has 0 aliphatic carbocycles. The highest BCUT2D eigenvalue weighted by Crippen LogP contribution is 2.20. The molecule has 1 heterocycles. The maximum absolute atomic E-state index is 11.3. The van der Waals surface area contributed by atoms with Crippen LogP contribution in [0, 0.1) is 13.8 Å². The maximum Gasteiger partial charge on any atom is 0.307 e. The number of nitrogens with one attached hydrogen (secondary N) is 1. The average Bonchev–Trinajstić information content (AvgIpc) is 2.42. The van der Waals surface area contributed by atoms with Gasteiger partial charge in [-0.1, -0.05) is 6.07 Å². The van der Waals surface area contributed by atoms with Crippen molar-refractivity contribution in [2.24, 2.45) is 0 Å². The van der Waals surface area contributed by atoms with E-state index in [4.69, 9.17) is 4.74 Å². The zero-order valence-corrected chi connectivity index (χ0v) is 11.9. The molecule has 0 aromatic heterocycles. The molecule has 4 heteroatoms. The van der Waals surface area contributed by atoms with Gasteiger partial charge in [0.1, 0.15) is 0 Å².